The number of nitrogens with zero attached hydrogens (tertiary/aromatic N) is 2. The van der Waals surface area contributed by atoms with Crippen molar-refractivity contribution in [3.63, 3.8) is 0 Å². The molecular weight excluding hydrogens is 532 g/mol. The lowest BCUT2D eigenvalue weighted by molar-refractivity contribution is -0.953. The van der Waals surface area contributed by atoms with Crippen molar-refractivity contribution in [2.75, 3.05) is 52.6 Å². The summed E-state index contributed by atoms with van der Waals surface area (Å²) in [4.78, 5) is 0. The van der Waals surface area contributed by atoms with Crippen LogP contribution in [0.15, 0.2) is 36.4 Å². The Hall–Kier alpha value is -1.02. The SMILES string of the molecule is [Br-].[Br-].c1cc2cc3c(cc2c2cc4c(cc12)C[N+]1(CCOCC1)C4)C[N+]1(CCOCC1)C3. The molecule has 32 heavy (non-hydrogen) atoms. The first-order chi connectivity index (χ1) is 14.7. The van der Waals surface area contributed by atoms with Crippen molar-refractivity contribution < 1.29 is 52.4 Å². The largest absolute Gasteiger partial charge is 1.00 e. The highest BCUT2D eigenvalue weighted by atomic mass is 79.9. The van der Waals surface area contributed by atoms with Gasteiger partial charge in [-0.05, 0) is 45.8 Å². The van der Waals surface area contributed by atoms with Crippen LogP contribution in [-0.2, 0) is 35.7 Å². The van der Waals surface area contributed by atoms with Gasteiger partial charge < -0.3 is 52.4 Å². The number of hydrogen-bond acceptors (Lipinski definition) is 2. The van der Waals surface area contributed by atoms with Gasteiger partial charge in [-0.2, -0.15) is 0 Å². The molecule has 0 aliphatic carbocycles. The van der Waals surface area contributed by atoms with E-state index in [0.29, 0.717) is 0 Å². The average Bonchev–Trinajstić information content (AvgIpc) is 3.27. The Morgan fingerprint density at radius 1 is 0.500 bits per heavy atom. The van der Waals surface area contributed by atoms with Crippen LogP contribution in [0.5, 0.6) is 0 Å². The Morgan fingerprint density at radius 2 is 0.844 bits per heavy atom. The van der Waals surface area contributed by atoms with E-state index in [2.05, 4.69) is 36.4 Å². The zero-order valence-electron chi connectivity index (χ0n) is 18.4. The van der Waals surface area contributed by atoms with Crippen LogP contribution in [0, 0.1) is 0 Å². The predicted molar refractivity (Wildman–Crippen MR) is 118 cm³/mol. The van der Waals surface area contributed by atoms with Crippen molar-refractivity contribution >= 4 is 21.5 Å². The van der Waals surface area contributed by atoms with Gasteiger partial charge in [0.25, 0.3) is 0 Å². The number of fused-ring (bicyclic) bond motifs is 5. The quantitative estimate of drug-likeness (QED) is 0.228. The number of benzene rings is 3. The molecule has 0 saturated carbocycles. The van der Waals surface area contributed by atoms with E-state index in [1.54, 1.807) is 22.3 Å². The van der Waals surface area contributed by atoms with Gasteiger partial charge in [-0.1, -0.05) is 12.1 Å². The molecule has 0 atom stereocenters. The fraction of sp³-hybridized carbons (Fsp3) is 0.462. The van der Waals surface area contributed by atoms with Gasteiger partial charge in [-0.25, -0.2) is 0 Å². The minimum Gasteiger partial charge on any atom is -1.00 e. The van der Waals surface area contributed by atoms with E-state index in [4.69, 9.17) is 9.47 Å². The second kappa shape index (κ2) is 8.33. The summed E-state index contributed by atoms with van der Waals surface area (Å²) in [5.41, 5.74) is 6.24. The summed E-state index contributed by atoms with van der Waals surface area (Å²) in [6, 6.07) is 14.7. The molecule has 170 valence electrons. The first kappa shape index (κ1) is 22.8. The second-order valence-corrected chi connectivity index (χ2v) is 10.2. The summed E-state index contributed by atoms with van der Waals surface area (Å²) in [7, 11) is 0. The van der Waals surface area contributed by atoms with Crippen LogP contribution >= 0.6 is 0 Å². The fourth-order valence-corrected chi connectivity index (χ4v) is 6.58. The van der Waals surface area contributed by atoms with Gasteiger partial charge in [0, 0.05) is 22.3 Å². The third-order valence-corrected chi connectivity index (χ3v) is 8.34. The number of ether oxygens (including phenoxy) is 2. The maximum atomic E-state index is 5.66. The molecule has 4 nitrogen and oxygen atoms in total. The van der Waals surface area contributed by atoms with E-state index in [-0.39, 0.29) is 34.0 Å². The van der Waals surface area contributed by atoms with Gasteiger partial charge >= 0.3 is 0 Å². The average molecular weight is 562 g/mol. The molecule has 4 aliphatic rings. The minimum atomic E-state index is 0. The van der Waals surface area contributed by atoms with Gasteiger partial charge in [-0.3, -0.25) is 0 Å². The van der Waals surface area contributed by atoms with Gasteiger partial charge in [0.2, 0.25) is 0 Å². The number of quaternary nitrogens is 2. The van der Waals surface area contributed by atoms with Gasteiger partial charge in [0.15, 0.2) is 0 Å². The highest BCUT2D eigenvalue weighted by molar-refractivity contribution is 6.08. The van der Waals surface area contributed by atoms with E-state index in [1.165, 1.54) is 56.7 Å². The molecule has 0 radical (unpaired) electrons. The number of rotatable bonds is 0. The molecular formula is C26H30Br2N2O2. The molecule has 0 amide bonds. The fourth-order valence-electron chi connectivity index (χ4n) is 6.58. The Balaban J connectivity index is 0.00000108. The van der Waals surface area contributed by atoms with Crippen LogP contribution in [0.3, 0.4) is 0 Å². The molecule has 3 aromatic carbocycles. The summed E-state index contributed by atoms with van der Waals surface area (Å²) in [5, 5.41) is 5.70. The third kappa shape index (κ3) is 3.55. The van der Waals surface area contributed by atoms with Crippen molar-refractivity contribution in [2.24, 2.45) is 0 Å². The van der Waals surface area contributed by atoms with Crippen LogP contribution < -0.4 is 34.0 Å². The topological polar surface area (TPSA) is 18.5 Å². The van der Waals surface area contributed by atoms with Crippen LogP contribution in [0.4, 0.5) is 0 Å². The lowest BCUT2D eigenvalue weighted by Crippen LogP contribution is -3.00. The molecule has 6 heteroatoms. The Kier molecular flexibility index (Phi) is 5.92. The normalized spacial score (nSPS) is 22.5. The monoisotopic (exact) mass is 560 g/mol. The smallest absolute Gasteiger partial charge is 0.105 e. The second-order valence-electron chi connectivity index (χ2n) is 10.2. The number of morpholine rings is 2. The van der Waals surface area contributed by atoms with Crippen LogP contribution in [0.25, 0.3) is 21.5 Å². The summed E-state index contributed by atoms with van der Waals surface area (Å²) in [6.07, 6.45) is 0. The predicted octanol–water partition coefficient (Wildman–Crippen LogP) is -2.28. The van der Waals surface area contributed by atoms with Gasteiger partial charge in [-0.15, -0.1) is 0 Å². The van der Waals surface area contributed by atoms with E-state index in [0.717, 1.165) is 52.6 Å². The van der Waals surface area contributed by atoms with Crippen molar-refractivity contribution in [3.05, 3.63) is 58.7 Å². The summed E-state index contributed by atoms with van der Waals surface area (Å²) in [6.45, 7) is 13.0. The highest BCUT2D eigenvalue weighted by Crippen LogP contribution is 2.39. The maximum absolute atomic E-state index is 5.66. The summed E-state index contributed by atoms with van der Waals surface area (Å²) < 4.78 is 13.7. The molecule has 2 spiro atoms. The molecule has 0 bridgehead atoms. The third-order valence-electron chi connectivity index (χ3n) is 8.34. The molecule has 0 N–H and O–H groups in total. The van der Waals surface area contributed by atoms with Crippen molar-refractivity contribution in [1.82, 2.24) is 0 Å². The lowest BCUT2D eigenvalue weighted by atomic mass is 9.95. The zero-order chi connectivity index (χ0) is 19.8. The van der Waals surface area contributed by atoms with Crippen LogP contribution in [0.2, 0.25) is 0 Å². The number of hydrogen-bond donors (Lipinski definition) is 0. The molecule has 4 heterocycles. The molecule has 4 aliphatic heterocycles. The first-order valence-electron chi connectivity index (χ1n) is 11.6. The maximum Gasteiger partial charge on any atom is 0.105 e. The standard InChI is InChI=1S/C26H30N2O2.2BrH/c1-2-20-12-22-16-28(5-9-30-10-6-28)18-24(22)14-26(20)25-13-23-17-27(3-7-29-8-4-27)15-21(23)11-19(1)25;;/h1-2,11-14H,3-10,15-18H2;2*1H/q+2;;/p-2. The van der Waals surface area contributed by atoms with Crippen molar-refractivity contribution in [2.45, 2.75) is 26.2 Å². The Morgan fingerprint density at radius 3 is 1.22 bits per heavy atom. The van der Waals surface area contributed by atoms with E-state index in [9.17, 15) is 0 Å². The summed E-state index contributed by atoms with van der Waals surface area (Å²) >= 11 is 0. The minimum absolute atomic E-state index is 0. The molecule has 0 unspecified atom stereocenters. The lowest BCUT2D eigenvalue weighted by Gasteiger charge is -2.37. The highest BCUT2D eigenvalue weighted by Gasteiger charge is 2.39. The zero-order valence-corrected chi connectivity index (χ0v) is 21.6. The van der Waals surface area contributed by atoms with E-state index >= 15 is 0 Å². The molecule has 3 aromatic rings. The Bertz CT molecular complexity index is 1090. The Labute approximate surface area is 210 Å². The van der Waals surface area contributed by atoms with Gasteiger partial charge in [0.05, 0.1) is 26.4 Å². The molecule has 7 rings (SSSR count). The van der Waals surface area contributed by atoms with Crippen molar-refractivity contribution in [1.29, 1.82) is 0 Å². The molecule has 2 fully saturated rings. The van der Waals surface area contributed by atoms with Crippen LogP contribution in [-0.4, -0.2) is 61.6 Å². The number of halogens is 2. The molecule has 2 saturated heterocycles. The van der Waals surface area contributed by atoms with Gasteiger partial charge in [0.1, 0.15) is 52.4 Å². The van der Waals surface area contributed by atoms with Crippen molar-refractivity contribution in [3.8, 4) is 0 Å². The van der Waals surface area contributed by atoms with E-state index < -0.39 is 0 Å². The molecule has 0 aromatic heterocycles. The van der Waals surface area contributed by atoms with E-state index in [1.807, 2.05) is 0 Å². The summed E-state index contributed by atoms with van der Waals surface area (Å²) in [5.74, 6) is 0. The van der Waals surface area contributed by atoms with Crippen LogP contribution in [0.1, 0.15) is 22.3 Å². The first-order valence-corrected chi connectivity index (χ1v) is 11.6.